The van der Waals surface area contributed by atoms with Crippen molar-refractivity contribution in [2.24, 2.45) is 0 Å². The summed E-state index contributed by atoms with van der Waals surface area (Å²) in [7, 11) is 0. The Morgan fingerprint density at radius 1 is 1.60 bits per heavy atom. The van der Waals surface area contributed by atoms with Gasteiger partial charge in [-0.15, -0.1) is 0 Å². The minimum atomic E-state index is -0.958. The molecule has 0 bridgehead atoms. The molecule has 58 valence electrons. The van der Waals surface area contributed by atoms with Crippen LogP contribution < -0.4 is 0 Å². The van der Waals surface area contributed by atoms with Gasteiger partial charge in [0.1, 0.15) is 0 Å². The van der Waals surface area contributed by atoms with E-state index in [-0.39, 0.29) is 0 Å². The molecule has 0 saturated heterocycles. The molecule has 0 radical (unpaired) electrons. The Hall–Kier alpha value is -0.570. The molecule has 0 aliphatic carbocycles. The summed E-state index contributed by atoms with van der Waals surface area (Å²) in [5.41, 5.74) is -0.958. The zero-order valence-electron chi connectivity index (χ0n) is 6.39. The number of aliphatic hydroxyl groups is 1. The first-order chi connectivity index (χ1) is 4.61. The van der Waals surface area contributed by atoms with Crippen molar-refractivity contribution in [3.63, 3.8) is 0 Å². The highest BCUT2D eigenvalue weighted by molar-refractivity contribution is 5.78. The second kappa shape index (κ2) is 2.58. The number of cyclic esters (lactones) is 1. The highest BCUT2D eigenvalue weighted by Crippen LogP contribution is 2.07. The van der Waals surface area contributed by atoms with Crippen LogP contribution in [0.25, 0.3) is 0 Å². The Bertz CT molecular complexity index is 143. The maximum Gasteiger partial charge on any atom is 0.517 e. The number of carbonyl (C=O) groups excluding carboxylic acids is 1. The van der Waals surface area contributed by atoms with E-state index in [2.05, 4.69) is 0 Å². The standard InChI is InChI=1S/C7H13O3/c1-7(2,8)6-9-4-3-5-10-6/h8H,3-5H2,1-2H3/q+1. The van der Waals surface area contributed by atoms with Gasteiger partial charge in [-0.1, -0.05) is 0 Å². The van der Waals surface area contributed by atoms with Crippen molar-refractivity contribution in [3.8, 4) is 0 Å². The third-order valence-electron chi connectivity index (χ3n) is 1.25. The summed E-state index contributed by atoms with van der Waals surface area (Å²) in [5.74, 6) is 0.346. The lowest BCUT2D eigenvalue weighted by molar-refractivity contribution is -0.483. The molecule has 0 atom stereocenters. The molecule has 0 amide bonds. The predicted molar refractivity (Wildman–Crippen MR) is 36.7 cm³/mol. The molecule has 0 fully saturated rings. The van der Waals surface area contributed by atoms with Gasteiger partial charge < -0.3 is 14.3 Å². The molecule has 0 aromatic heterocycles. The summed E-state index contributed by atoms with van der Waals surface area (Å²) in [6.45, 7) is 4.60. The van der Waals surface area contributed by atoms with Gasteiger partial charge in [-0.3, -0.25) is 0 Å². The lowest BCUT2D eigenvalue weighted by atomic mass is 10.1. The Morgan fingerprint density at radius 2 is 2.30 bits per heavy atom. The third kappa shape index (κ3) is 1.70. The van der Waals surface area contributed by atoms with Crippen LogP contribution in [0.15, 0.2) is 0 Å². The summed E-state index contributed by atoms with van der Waals surface area (Å²) >= 11 is 0. The maximum atomic E-state index is 9.36. The van der Waals surface area contributed by atoms with Gasteiger partial charge in [-0.25, -0.2) is 0 Å². The second-order valence-corrected chi connectivity index (χ2v) is 2.90. The van der Waals surface area contributed by atoms with Crippen molar-refractivity contribution in [1.29, 1.82) is 0 Å². The minimum Gasteiger partial charge on any atom is -0.374 e. The molecule has 3 nitrogen and oxygen atoms in total. The summed E-state index contributed by atoms with van der Waals surface area (Å²) in [5, 5.41) is 9.36. The fourth-order valence-corrected chi connectivity index (χ4v) is 0.784. The first-order valence-electron chi connectivity index (χ1n) is 3.46. The van der Waals surface area contributed by atoms with E-state index in [0.29, 0.717) is 19.2 Å². The molecule has 10 heavy (non-hydrogen) atoms. The van der Waals surface area contributed by atoms with Gasteiger partial charge in [0.2, 0.25) is 5.60 Å². The van der Waals surface area contributed by atoms with E-state index in [9.17, 15) is 5.11 Å². The third-order valence-corrected chi connectivity index (χ3v) is 1.25. The Balaban J connectivity index is 2.62. The highest BCUT2D eigenvalue weighted by atomic mass is 16.6. The van der Waals surface area contributed by atoms with E-state index in [1.54, 1.807) is 13.8 Å². The van der Waals surface area contributed by atoms with E-state index in [4.69, 9.17) is 9.16 Å². The SMILES string of the molecule is CC(C)(O)C1=[O+]CCCO1. The zero-order chi connectivity index (χ0) is 7.61. The van der Waals surface area contributed by atoms with Gasteiger partial charge in [0.05, 0.1) is 6.42 Å². The van der Waals surface area contributed by atoms with Crippen LogP contribution in [0.1, 0.15) is 20.3 Å². The Kier molecular flexibility index (Phi) is 1.94. The van der Waals surface area contributed by atoms with Crippen LogP contribution in [-0.2, 0) is 9.16 Å². The van der Waals surface area contributed by atoms with Crippen molar-refractivity contribution in [2.75, 3.05) is 13.2 Å². The van der Waals surface area contributed by atoms with Crippen molar-refractivity contribution < 1.29 is 14.3 Å². The zero-order valence-corrected chi connectivity index (χ0v) is 6.39. The first-order valence-corrected chi connectivity index (χ1v) is 3.46. The van der Waals surface area contributed by atoms with Gasteiger partial charge in [-0.2, -0.15) is 0 Å². The van der Waals surface area contributed by atoms with Crippen LogP contribution in [-0.4, -0.2) is 29.9 Å². The quantitative estimate of drug-likeness (QED) is 0.424. The van der Waals surface area contributed by atoms with Crippen molar-refractivity contribution in [3.05, 3.63) is 0 Å². The van der Waals surface area contributed by atoms with Gasteiger partial charge in [0.15, 0.2) is 13.2 Å². The molecule has 0 saturated carbocycles. The highest BCUT2D eigenvalue weighted by Gasteiger charge is 2.37. The molecule has 1 rings (SSSR count). The molecule has 1 heterocycles. The van der Waals surface area contributed by atoms with Crippen LogP contribution in [0.2, 0.25) is 0 Å². The molecule has 0 unspecified atom stereocenters. The molecule has 1 aliphatic heterocycles. The topological polar surface area (TPSA) is 40.8 Å². The molecular formula is C7H13O3+. The minimum absolute atomic E-state index is 0.346. The number of esters is 1. The van der Waals surface area contributed by atoms with Crippen molar-refractivity contribution >= 4 is 5.97 Å². The van der Waals surface area contributed by atoms with Crippen LogP contribution in [0.4, 0.5) is 0 Å². The van der Waals surface area contributed by atoms with E-state index >= 15 is 0 Å². The van der Waals surface area contributed by atoms with E-state index in [1.165, 1.54) is 0 Å². The normalized spacial score (nSPS) is 19.7. The number of rotatable bonds is 1. The monoisotopic (exact) mass is 145 g/mol. The molecule has 3 heteroatoms. The number of hydrogen-bond donors (Lipinski definition) is 1. The summed E-state index contributed by atoms with van der Waals surface area (Å²) < 4.78 is 10.2. The van der Waals surface area contributed by atoms with Gasteiger partial charge in [0.25, 0.3) is 0 Å². The molecule has 1 aliphatic rings. The van der Waals surface area contributed by atoms with Crippen molar-refractivity contribution in [1.82, 2.24) is 0 Å². The molecule has 0 aromatic carbocycles. The Labute approximate surface area is 60.3 Å². The van der Waals surface area contributed by atoms with E-state index in [1.807, 2.05) is 0 Å². The average molecular weight is 145 g/mol. The first kappa shape index (κ1) is 7.54. The molecule has 0 spiro atoms. The summed E-state index contributed by atoms with van der Waals surface area (Å²) in [4.78, 5) is 0. The Morgan fingerprint density at radius 3 is 2.60 bits per heavy atom. The summed E-state index contributed by atoms with van der Waals surface area (Å²) in [6.07, 6.45) is 0.902. The molecular weight excluding hydrogens is 132 g/mol. The molecule has 1 N–H and O–H groups in total. The fraction of sp³-hybridized carbons (Fsp3) is 0.857. The maximum absolute atomic E-state index is 9.36. The van der Waals surface area contributed by atoms with E-state index in [0.717, 1.165) is 6.42 Å². The lowest BCUT2D eigenvalue weighted by Crippen LogP contribution is -2.37. The second-order valence-electron chi connectivity index (χ2n) is 2.90. The predicted octanol–water partition coefficient (Wildman–Crippen LogP) is 0.240. The van der Waals surface area contributed by atoms with Crippen LogP contribution in [0.3, 0.4) is 0 Å². The van der Waals surface area contributed by atoms with E-state index < -0.39 is 5.60 Å². The van der Waals surface area contributed by atoms with Crippen LogP contribution in [0, 0.1) is 0 Å². The summed E-state index contributed by atoms with van der Waals surface area (Å²) in [6, 6.07) is 0. The largest absolute Gasteiger partial charge is 0.517 e. The van der Waals surface area contributed by atoms with Crippen LogP contribution in [0.5, 0.6) is 0 Å². The van der Waals surface area contributed by atoms with Gasteiger partial charge >= 0.3 is 5.97 Å². The van der Waals surface area contributed by atoms with Gasteiger partial charge in [0, 0.05) is 0 Å². The van der Waals surface area contributed by atoms with Crippen LogP contribution >= 0.6 is 0 Å². The number of ether oxygens (including phenoxy) is 1. The molecule has 0 aromatic rings. The fourth-order valence-electron chi connectivity index (χ4n) is 0.784. The average Bonchev–Trinajstić information content (AvgIpc) is 1.88. The smallest absolute Gasteiger partial charge is 0.374 e. The number of hydrogen-bond acceptors (Lipinski definition) is 2. The van der Waals surface area contributed by atoms with Crippen molar-refractivity contribution in [2.45, 2.75) is 25.9 Å². The van der Waals surface area contributed by atoms with Gasteiger partial charge in [-0.05, 0) is 13.8 Å². The lowest BCUT2D eigenvalue weighted by Gasteiger charge is -2.11.